The van der Waals surface area contributed by atoms with Gasteiger partial charge in [-0.3, -0.25) is 4.98 Å². The Bertz CT molecular complexity index is 1060. The van der Waals surface area contributed by atoms with Gasteiger partial charge in [0.05, 0.1) is 5.52 Å². The number of rotatable bonds is 2. The summed E-state index contributed by atoms with van der Waals surface area (Å²) in [7, 11) is 0. The second-order valence-corrected chi connectivity index (χ2v) is 7.11. The molecule has 0 radical (unpaired) electrons. The smallest absolute Gasteiger partial charge is 0.0807 e. The third-order valence-electron chi connectivity index (χ3n) is 5.49. The van der Waals surface area contributed by atoms with Crippen molar-refractivity contribution in [1.29, 1.82) is 0 Å². The Balaban J connectivity index is 1.83. The van der Waals surface area contributed by atoms with Crippen LogP contribution in [0.3, 0.4) is 0 Å². The molecule has 2 heterocycles. The SMILES string of the molecule is c1ccc(-c2cccc3cc(N4CCCCC4)c4cccnc4c23)cc1. The first-order chi connectivity index (χ1) is 12.9. The third-order valence-corrected chi connectivity index (χ3v) is 5.49. The summed E-state index contributed by atoms with van der Waals surface area (Å²) in [5, 5.41) is 3.80. The van der Waals surface area contributed by atoms with Gasteiger partial charge in [-0.25, -0.2) is 0 Å². The molecule has 0 saturated carbocycles. The summed E-state index contributed by atoms with van der Waals surface area (Å²) in [6.45, 7) is 2.29. The minimum absolute atomic E-state index is 1.12. The fraction of sp³-hybridized carbons (Fsp3) is 0.208. The number of aromatic nitrogens is 1. The molecule has 0 bridgehead atoms. The molecule has 0 spiro atoms. The Kier molecular flexibility index (Phi) is 3.82. The first-order valence-corrected chi connectivity index (χ1v) is 9.53. The van der Waals surface area contributed by atoms with Crippen LogP contribution in [0, 0.1) is 0 Å². The van der Waals surface area contributed by atoms with Gasteiger partial charge >= 0.3 is 0 Å². The van der Waals surface area contributed by atoms with Gasteiger partial charge in [0.15, 0.2) is 0 Å². The van der Waals surface area contributed by atoms with E-state index in [9.17, 15) is 0 Å². The zero-order valence-corrected chi connectivity index (χ0v) is 14.9. The summed E-state index contributed by atoms with van der Waals surface area (Å²) in [5.74, 6) is 0. The Morgan fingerprint density at radius 1 is 0.769 bits per heavy atom. The number of pyridine rings is 1. The summed E-state index contributed by atoms with van der Waals surface area (Å²) in [5.41, 5.74) is 4.96. The van der Waals surface area contributed by atoms with Gasteiger partial charge in [0.2, 0.25) is 0 Å². The Labute approximate surface area is 154 Å². The molecule has 0 N–H and O–H groups in total. The van der Waals surface area contributed by atoms with Crippen LogP contribution in [0.5, 0.6) is 0 Å². The largest absolute Gasteiger partial charge is 0.371 e. The summed E-state index contributed by atoms with van der Waals surface area (Å²) >= 11 is 0. The van der Waals surface area contributed by atoms with Crippen LogP contribution >= 0.6 is 0 Å². The fourth-order valence-electron chi connectivity index (χ4n) is 4.25. The molecule has 0 atom stereocenters. The summed E-state index contributed by atoms with van der Waals surface area (Å²) in [4.78, 5) is 7.37. The number of hydrogen-bond acceptors (Lipinski definition) is 2. The molecule has 2 nitrogen and oxygen atoms in total. The number of anilines is 1. The van der Waals surface area contributed by atoms with Crippen LogP contribution < -0.4 is 4.90 Å². The van der Waals surface area contributed by atoms with E-state index in [2.05, 4.69) is 71.6 Å². The van der Waals surface area contributed by atoms with E-state index in [4.69, 9.17) is 4.98 Å². The standard InChI is InChI=1S/C24H22N2/c1-3-9-18(10-4-1)20-12-7-11-19-17-22(26-15-5-2-6-16-26)21-13-8-14-25-24(21)23(19)20/h1,3-4,7-14,17H,2,5-6,15-16H2. The highest BCUT2D eigenvalue weighted by Gasteiger charge is 2.17. The molecule has 1 aromatic heterocycles. The van der Waals surface area contributed by atoms with Crippen molar-refractivity contribution < 1.29 is 0 Å². The van der Waals surface area contributed by atoms with Crippen LogP contribution in [0.2, 0.25) is 0 Å². The Hall–Kier alpha value is -2.87. The van der Waals surface area contributed by atoms with Crippen molar-refractivity contribution in [3.05, 3.63) is 72.9 Å². The van der Waals surface area contributed by atoms with Crippen molar-refractivity contribution in [2.45, 2.75) is 19.3 Å². The summed E-state index contributed by atoms with van der Waals surface area (Å²) < 4.78 is 0. The van der Waals surface area contributed by atoms with Crippen LogP contribution in [0.25, 0.3) is 32.8 Å². The Morgan fingerprint density at radius 3 is 2.46 bits per heavy atom. The van der Waals surface area contributed by atoms with Gasteiger partial charge in [0.1, 0.15) is 0 Å². The maximum Gasteiger partial charge on any atom is 0.0807 e. The van der Waals surface area contributed by atoms with Gasteiger partial charge in [-0.15, -0.1) is 0 Å². The minimum atomic E-state index is 1.12. The Morgan fingerprint density at radius 2 is 1.62 bits per heavy atom. The van der Waals surface area contributed by atoms with E-state index in [1.807, 2.05) is 6.20 Å². The average molecular weight is 338 g/mol. The monoisotopic (exact) mass is 338 g/mol. The summed E-state index contributed by atoms with van der Waals surface area (Å²) in [6, 6.07) is 23.9. The van der Waals surface area contributed by atoms with Crippen molar-refractivity contribution in [2.24, 2.45) is 0 Å². The van der Waals surface area contributed by atoms with Crippen LogP contribution in [0.1, 0.15) is 19.3 Å². The molecular weight excluding hydrogens is 316 g/mol. The van der Waals surface area contributed by atoms with Crippen molar-refractivity contribution in [1.82, 2.24) is 4.98 Å². The van der Waals surface area contributed by atoms with E-state index < -0.39 is 0 Å². The lowest BCUT2D eigenvalue weighted by Gasteiger charge is -2.30. The van der Waals surface area contributed by atoms with Crippen LogP contribution in [0.15, 0.2) is 72.9 Å². The normalized spacial score (nSPS) is 14.8. The zero-order valence-electron chi connectivity index (χ0n) is 14.9. The number of hydrogen-bond donors (Lipinski definition) is 0. The van der Waals surface area contributed by atoms with E-state index in [1.54, 1.807) is 0 Å². The van der Waals surface area contributed by atoms with E-state index in [-0.39, 0.29) is 0 Å². The van der Waals surface area contributed by atoms with E-state index in [0.29, 0.717) is 0 Å². The molecule has 1 aliphatic heterocycles. The van der Waals surface area contributed by atoms with Crippen molar-refractivity contribution >= 4 is 27.4 Å². The highest BCUT2D eigenvalue weighted by molar-refractivity contribution is 6.16. The van der Waals surface area contributed by atoms with Gasteiger partial charge in [0, 0.05) is 35.7 Å². The third kappa shape index (κ3) is 2.53. The fourth-order valence-corrected chi connectivity index (χ4v) is 4.25. The van der Waals surface area contributed by atoms with Gasteiger partial charge in [-0.05, 0) is 54.0 Å². The second kappa shape index (κ2) is 6.45. The van der Waals surface area contributed by atoms with Crippen LogP contribution in [0.4, 0.5) is 5.69 Å². The molecule has 26 heavy (non-hydrogen) atoms. The molecule has 5 rings (SSSR count). The topological polar surface area (TPSA) is 16.1 Å². The lowest BCUT2D eigenvalue weighted by molar-refractivity contribution is 0.579. The molecule has 1 fully saturated rings. The molecule has 2 heteroatoms. The minimum Gasteiger partial charge on any atom is -0.371 e. The van der Waals surface area contributed by atoms with Gasteiger partial charge in [-0.2, -0.15) is 0 Å². The second-order valence-electron chi connectivity index (χ2n) is 7.11. The van der Waals surface area contributed by atoms with Crippen LogP contribution in [-0.4, -0.2) is 18.1 Å². The quantitative estimate of drug-likeness (QED) is 0.414. The number of piperidine rings is 1. The number of nitrogens with zero attached hydrogens (tertiary/aromatic N) is 2. The zero-order chi connectivity index (χ0) is 17.3. The highest BCUT2D eigenvalue weighted by atomic mass is 15.1. The number of fused-ring (bicyclic) bond motifs is 3. The van der Waals surface area contributed by atoms with Gasteiger partial charge in [-0.1, -0.05) is 48.5 Å². The highest BCUT2D eigenvalue weighted by Crippen LogP contribution is 2.38. The van der Waals surface area contributed by atoms with E-state index >= 15 is 0 Å². The lowest BCUT2D eigenvalue weighted by Crippen LogP contribution is -2.29. The molecule has 0 aliphatic carbocycles. The van der Waals surface area contributed by atoms with Crippen molar-refractivity contribution in [3.63, 3.8) is 0 Å². The molecule has 0 unspecified atom stereocenters. The predicted molar refractivity (Wildman–Crippen MR) is 111 cm³/mol. The van der Waals surface area contributed by atoms with Crippen molar-refractivity contribution in [3.8, 4) is 11.1 Å². The first kappa shape index (κ1) is 15.4. The molecule has 4 aromatic rings. The average Bonchev–Trinajstić information content (AvgIpc) is 2.74. The van der Waals surface area contributed by atoms with Crippen LogP contribution in [-0.2, 0) is 0 Å². The molecule has 3 aromatic carbocycles. The maximum absolute atomic E-state index is 4.82. The first-order valence-electron chi connectivity index (χ1n) is 9.53. The molecule has 128 valence electrons. The van der Waals surface area contributed by atoms with E-state index in [1.165, 1.54) is 52.2 Å². The lowest BCUT2D eigenvalue weighted by atomic mass is 9.94. The van der Waals surface area contributed by atoms with Crippen molar-refractivity contribution in [2.75, 3.05) is 18.0 Å². The molecule has 1 saturated heterocycles. The molecular formula is C24H22N2. The number of benzene rings is 3. The summed E-state index contributed by atoms with van der Waals surface area (Å²) in [6.07, 6.45) is 5.83. The predicted octanol–water partition coefficient (Wildman–Crippen LogP) is 6.05. The van der Waals surface area contributed by atoms with Gasteiger partial charge < -0.3 is 4.90 Å². The maximum atomic E-state index is 4.82. The van der Waals surface area contributed by atoms with Gasteiger partial charge in [0.25, 0.3) is 0 Å². The molecule has 0 amide bonds. The van der Waals surface area contributed by atoms with E-state index in [0.717, 1.165) is 18.6 Å². The molecule has 1 aliphatic rings.